The predicted molar refractivity (Wildman–Crippen MR) is 126 cm³/mol. The zero-order chi connectivity index (χ0) is 25.8. The second kappa shape index (κ2) is 13.5. The first-order chi connectivity index (χ1) is 16.7. The van der Waals surface area contributed by atoms with Gasteiger partial charge in [-0.2, -0.15) is 0 Å². The number of carboxylic acids is 1. The molecule has 0 aliphatic carbocycles. The molecule has 1 aromatic carbocycles. The van der Waals surface area contributed by atoms with Crippen molar-refractivity contribution in [2.45, 2.75) is 50.3 Å². The van der Waals surface area contributed by atoms with Gasteiger partial charge in [0.15, 0.2) is 0 Å². The van der Waals surface area contributed by atoms with Gasteiger partial charge >= 0.3 is 0 Å². The molecule has 2 N–H and O–H groups in total. The first kappa shape index (κ1) is 27.9. The minimum Gasteiger partial charge on any atom is -0.543 e. The van der Waals surface area contributed by atoms with Gasteiger partial charge in [-0.15, -0.1) is 0 Å². The molecule has 0 saturated heterocycles. The SMILES string of the molecule is CCCCCCCc1cc(C(=O)[O-])ncc1C(=O)NS(=O)(=O)c1ccc(C(=O)NCCOC)cc1. The van der Waals surface area contributed by atoms with E-state index >= 15 is 0 Å². The summed E-state index contributed by atoms with van der Waals surface area (Å²) in [7, 11) is -2.75. The fourth-order valence-corrected chi connectivity index (χ4v) is 4.30. The highest BCUT2D eigenvalue weighted by atomic mass is 32.2. The Kier molecular flexibility index (Phi) is 10.8. The number of rotatable bonds is 14. The molecule has 0 saturated carbocycles. The molecule has 0 unspecified atom stereocenters. The number of amides is 2. The van der Waals surface area contributed by atoms with Crippen LogP contribution in [0.1, 0.15) is 75.8 Å². The maximum absolute atomic E-state index is 12.8. The fraction of sp³-hybridized carbons (Fsp3) is 0.417. The standard InChI is InChI=1S/C24H31N3O7S/c1-3-4-5-6-7-8-18-15-21(24(30)31)26-16-20(18)23(29)27-35(32,33)19-11-9-17(10-12-19)22(28)25-13-14-34-2/h9-12,15-16H,3-8,13-14H2,1-2H3,(H,25,28)(H,27,29)(H,30,31)/p-1. The van der Waals surface area contributed by atoms with Crippen LogP contribution in [0.15, 0.2) is 41.4 Å². The molecule has 2 amide bonds. The lowest BCUT2D eigenvalue weighted by Gasteiger charge is -2.13. The molecule has 35 heavy (non-hydrogen) atoms. The number of methoxy groups -OCH3 is 1. The Morgan fingerprint density at radius 2 is 1.71 bits per heavy atom. The highest BCUT2D eigenvalue weighted by Crippen LogP contribution is 2.17. The molecule has 0 aliphatic rings. The summed E-state index contributed by atoms with van der Waals surface area (Å²) in [6.07, 6.45) is 6.17. The van der Waals surface area contributed by atoms with Crippen LogP contribution in [0.4, 0.5) is 0 Å². The maximum Gasteiger partial charge on any atom is 0.266 e. The van der Waals surface area contributed by atoms with Crippen molar-refractivity contribution in [2.24, 2.45) is 0 Å². The Morgan fingerprint density at radius 1 is 1.03 bits per heavy atom. The Labute approximate surface area is 205 Å². The summed E-state index contributed by atoms with van der Waals surface area (Å²) in [5, 5.41) is 13.8. The number of aromatic carboxylic acids is 1. The van der Waals surface area contributed by atoms with Crippen LogP contribution in [0.2, 0.25) is 0 Å². The second-order valence-electron chi connectivity index (χ2n) is 7.89. The average molecular weight is 505 g/mol. The molecular weight excluding hydrogens is 474 g/mol. The van der Waals surface area contributed by atoms with E-state index in [4.69, 9.17) is 4.74 Å². The number of carbonyl (C=O) groups excluding carboxylic acids is 3. The first-order valence-corrected chi connectivity index (χ1v) is 12.8. The van der Waals surface area contributed by atoms with E-state index in [9.17, 15) is 27.9 Å². The molecule has 2 rings (SSSR count). The molecular formula is C24H30N3O7S-. The largest absolute Gasteiger partial charge is 0.543 e. The van der Waals surface area contributed by atoms with Crippen LogP contribution in [0.3, 0.4) is 0 Å². The first-order valence-electron chi connectivity index (χ1n) is 11.3. The fourth-order valence-electron chi connectivity index (χ4n) is 3.33. The van der Waals surface area contributed by atoms with Crippen LogP contribution >= 0.6 is 0 Å². The van der Waals surface area contributed by atoms with Crippen LogP contribution in [-0.4, -0.2) is 51.4 Å². The van der Waals surface area contributed by atoms with Gasteiger partial charge in [-0.1, -0.05) is 32.6 Å². The van der Waals surface area contributed by atoms with E-state index in [1.165, 1.54) is 37.4 Å². The van der Waals surface area contributed by atoms with Crippen LogP contribution in [0.5, 0.6) is 0 Å². The number of carbonyl (C=O) groups is 3. The van der Waals surface area contributed by atoms with E-state index in [0.717, 1.165) is 31.9 Å². The maximum atomic E-state index is 12.8. The number of unbranched alkanes of at least 4 members (excludes halogenated alkanes) is 4. The summed E-state index contributed by atoms with van der Waals surface area (Å²) < 4.78 is 32.4. The summed E-state index contributed by atoms with van der Waals surface area (Å²) in [6.45, 7) is 2.73. The van der Waals surface area contributed by atoms with Crippen molar-refractivity contribution in [1.82, 2.24) is 15.0 Å². The highest BCUT2D eigenvalue weighted by Gasteiger charge is 2.22. The minimum atomic E-state index is -4.25. The summed E-state index contributed by atoms with van der Waals surface area (Å²) >= 11 is 0. The second-order valence-corrected chi connectivity index (χ2v) is 9.57. The summed E-state index contributed by atoms with van der Waals surface area (Å²) in [5.74, 6) is -2.80. The lowest BCUT2D eigenvalue weighted by atomic mass is 10.0. The molecule has 0 fully saturated rings. The van der Waals surface area contributed by atoms with E-state index in [0.29, 0.717) is 31.6 Å². The van der Waals surface area contributed by atoms with Crippen LogP contribution in [-0.2, 0) is 21.2 Å². The monoisotopic (exact) mass is 504 g/mol. The van der Waals surface area contributed by atoms with Crippen LogP contribution in [0, 0.1) is 0 Å². The van der Waals surface area contributed by atoms with Gasteiger partial charge < -0.3 is 20.0 Å². The van der Waals surface area contributed by atoms with Crippen molar-refractivity contribution >= 4 is 27.8 Å². The normalized spacial score (nSPS) is 11.1. The zero-order valence-electron chi connectivity index (χ0n) is 19.8. The topological polar surface area (TPSA) is 155 Å². The van der Waals surface area contributed by atoms with E-state index in [1.807, 2.05) is 4.72 Å². The van der Waals surface area contributed by atoms with Crippen molar-refractivity contribution in [2.75, 3.05) is 20.3 Å². The van der Waals surface area contributed by atoms with E-state index < -0.39 is 27.8 Å². The molecule has 0 spiro atoms. The molecule has 11 heteroatoms. The predicted octanol–water partition coefficient (Wildman–Crippen LogP) is 1.45. The van der Waals surface area contributed by atoms with Gasteiger partial charge in [-0.3, -0.25) is 14.6 Å². The lowest BCUT2D eigenvalue weighted by Crippen LogP contribution is -2.32. The van der Waals surface area contributed by atoms with Gasteiger partial charge in [-0.25, -0.2) is 13.1 Å². The third-order valence-electron chi connectivity index (χ3n) is 5.24. The lowest BCUT2D eigenvalue weighted by molar-refractivity contribution is -0.255. The van der Waals surface area contributed by atoms with E-state index in [-0.39, 0.29) is 21.7 Å². The Hall–Kier alpha value is -3.31. The quantitative estimate of drug-likeness (QED) is 0.366. The molecule has 190 valence electrons. The molecule has 2 aromatic rings. The van der Waals surface area contributed by atoms with Crippen LogP contribution < -0.4 is 15.1 Å². The van der Waals surface area contributed by atoms with Crippen molar-refractivity contribution < 1.29 is 32.6 Å². The average Bonchev–Trinajstić information content (AvgIpc) is 2.83. The number of nitrogens with zero attached hydrogens (tertiary/aromatic N) is 1. The Balaban J connectivity index is 2.16. The number of pyridine rings is 1. The molecule has 0 aliphatic heterocycles. The number of ether oxygens (including phenoxy) is 1. The molecule has 1 aromatic heterocycles. The summed E-state index contributed by atoms with van der Waals surface area (Å²) in [6, 6.07) is 6.34. The Morgan fingerprint density at radius 3 is 2.34 bits per heavy atom. The summed E-state index contributed by atoms with van der Waals surface area (Å²) in [5.41, 5.74) is 0.279. The van der Waals surface area contributed by atoms with Gasteiger partial charge in [0.2, 0.25) is 0 Å². The van der Waals surface area contributed by atoms with Gasteiger partial charge in [0.25, 0.3) is 21.8 Å². The zero-order valence-corrected chi connectivity index (χ0v) is 20.7. The number of carboxylic acid groups (broad SMARTS) is 1. The summed E-state index contributed by atoms with van der Waals surface area (Å²) in [4.78, 5) is 39.6. The van der Waals surface area contributed by atoms with Gasteiger partial charge in [0.05, 0.1) is 28.7 Å². The molecule has 0 bridgehead atoms. The highest BCUT2D eigenvalue weighted by molar-refractivity contribution is 7.90. The van der Waals surface area contributed by atoms with Crippen molar-refractivity contribution in [3.8, 4) is 0 Å². The third-order valence-corrected chi connectivity index (χ3v) is 6.59. The van der Waals surface area contributed by atoms with Crippen molar-refractivity contribution in [3.63, 3.8) is 0 Å². The number of hydrogen-bond donors (Lipinski definition) is 2. The third kappa shape index (κ3) is 8.45. The van der Waals surface area contributed by atoms with Crippen molar-refractivity contribution in [1.29, 1.82) is 0 Å². The Bertz CT molecular complexity index is 1130. The van der Waals surface area contributed by atoms with Crippen LogP contribution in [0.25, 0.3) is 0 Å². The number of sulfonamides is 1. The number of aromatic nitrogens is 1. The van der Waals surface area contributed by atoms with E-state index in [1.54, 1.807) is 0 Å². The smallest absolute Gasteiger partial charge is 0.266 e. The molecule has 10 nitrogen and oxygen atoms in total. The number of aryl methyl sites for hydroxylation is 1. The number of nitrogens with one attached hydrogen (secondary N) is 2. The van der Waals surface area contributed by atoms with Gasteiger partial charge in [0, 0.05) is 25.4 Å². The number of benzene rings is 1. The molecule has 1 heterocycles. The van der Waals surface area contributed by atoms with Gasteiger partial charge in [0.1, 0.15) is 0 Å². The molecule has 0 radical (unpaired) electrons. The molecule has 0 atom stereocenters. The minimum absolute atomic E-state index is 0.0248. The van der Waals surface area contributed by atoms with E-state index in [2.05, 4.69) is 17.2 Å². The van der Waals surface area contributed by atoms with Gasteiger partial charge in [-0.05, 0) is 48.7 Å². The van der Waals surface area contributed by atoms with Crippen molar-refractivity contribution in [3.05, 3.63) is 58.9 Å². The number of hydrogen-bond acceptors (Lipinski definition) is 8.